The molecular weight excluding hydrogens is 224 g/mol. The second kappa shape index (κ2) is 6.70. The smallest absolute Gasteiger partial charge is 0.275 e. The summed E-state index contributed by atoms with van der Waals surface area (Å²) in [5.41, 5.74) is 0.619. The lowest BCUT2D eigenvalue weighted by Crippen LogP contribution is -2.04. The maximum atomic E-state index is 10.7. The van der Waals surface area contributed by atoms with E-state index in [1.807, 2.05) is 6.92 Å². The molecule has 6 nitrogen and oxygen atoms in total. The van der Waals surface area contributed by atoms with E-state index in [9.17, 15) is 10.1 Å². The Hall–Kier alpha value is -1.82. The predicted molar refractivity (Wildman–Crippen MR) is 64.5 cm³/mol. The van der Waals surface area contributed by atoms with Gasteiger partial charge in [0.1, 0.15) is 12.4 Å². The molecule has 0 aliphatic carbocycles. The molecule has 0 amide bonds. The van der Waals surface area contributed by atoms with Crippen LogP contribution >= 0.6 is 0 Å². The van der Waals surface area contributed by atoms with Gasteiger partial charge in [0.15, 0.2) is 0 Å². The standard InChI is InChI=1S/C11H16N2O4/c1-2-3-12-9-6-10(13(15)16)8-11(7-9)17-5-4-14/h6-8,12,14H,2-5H2,1H3. The van der Waals surface area contributed by atoms with Gasteiger partial charge >= 0.3 is 0 Å². The van der Waals surface area contributed by atoms with E-state index < -0.39 is 4.92 Å². The van der Waals surface area contributed by atoms with E-state index in [0.29, 0.717) is 11.4 Å². The van der Waals surface area contributed by atoms with Crippen LogP contribution in [-0.2, 0) is 0 Å². The highest BCUT2D eigenvalue weighted by molar-refractivity contribution is 5.56. The number of ether oxygens (including phenoxy) is 1. The van der Waals surface area contributed by atoms with E-state index in [-0.39, 0.29) is 18.9 Å². The second-order valence-electron chi connectivity index (χ2n) is 3.47. The number of rotatable bonds is 7. The Morgan fingerprint density at radius 1 is 1.47 bits per heavy atom. The first kappa shape index (κ1) is 13.2. The maximum Gasteiger partial charge on any atom is 0.275 e. The Bertz CT molecular complexity index is 355. The van der Waals surface area contributed by atoms with Crippen LogP contribution in [0.15, 0.2) is 18.2 Å². The molecule has 0 fully saturated rings. The van der Waals surface area contributed by atoms with Gasteiger partial charge in [-0.1, -0.05) is 6.92 Å². The molecule has 0 atom stereocenters. The van der Waals surface area contributed by atoms with Crippen molar-refractivity contribution in [1.29, 1.82) is 0 Å². The summed E-state index contributed by atoms with van der Waals surface area (Å²) < 4.78 is 5.17. The van der Waals surface area contributed by atoms with Crippen molar-refractivity contribution >= 4 is 11.4 Å². The highest BCUT2D eigenvalue weighted by atomic mass is 16.6. The van der Waals surface area contributed by atoms with E-state index in [4.69, 9.17) is 9.84 Å². The van der Waals surface area contributed by atoms with Gasteiger partial charge in [0.2, 0.25) is 0 Å². The summed E-state index contributed by atoms with van der Waals surface area (Å²) in [6.07, 6.45) is 0.926. The monoisotopic (exact) mass is 240 g/mol. The van der Waals surface area contributed by atoms with Gasteiger partial charge in [0.25, 0.3) is 5.69 Å². The minimum atomic E-state index is -0.469. The van der Waals surface area contributed by atoms with Crippen LogP contribution in [-0.4, -0.2) is 29.8 Å². The molecule has 6 heteroatoms. The SMILES string of the molecule is CCCNc1cc(OCCO)cc([N+](=O)[O-])c1. The molecule has 1 aromatic rings. The molecule has 0 aliphatic heterocycles. The third-order valence-corrected chi connectivity index (χ3v) is 2.04. The van der Waals surface area contributed by atoms with Crippen LogP contribution < -0.4 is 10.1 Å². The molecule has 0 saturated heterocycles. The average Bonchev–Trinajstić information content (AvgIpc) is 2.33. The quantitative estimate of drug-likeness (QED) is 0.560. The van der Waals surface area contributed by atoms with Gasteiger partial charge in [-0.2, -0.15) is 0 Å². The largest absolute Gasteiger partial charge is 0.491 e. The molecule has 2 N–H and O–H groups in total. The minimum absolute atomic E-state index is 0.0287. The van der Waals surface area contributed by atoms with Crippen molar-refractivity contribution in [1.82, 2.24) is 0 Å². The van der Waals surface area contributed by atoms with Crippen LogP contribution in [0.3, 0.4) is 0 Å². The fourth-order valence-corrected chi connectivity index (χ4v) is 1.31. The molecule has 0 spiro atoms. The van der Waals surface area contributed by atoms with Crippen molar-refractivity contribution in [3.8, 4) is 5.75 Å². The third kappa shape index (κ3) is 4.28. The molecule has 1 rings (SSSR count). The number of non-ortho nitro benzene ring substituents is 1. The number of nitrogens with zero attached hydrogens (tertiary/aromatic N) is 1. The molecule has 0 radical (unpaired) electrons. The van der Waals surface area contributed by atoms with Gasteiger partial charge in [-0.3, -0.25) is 10.1 Å². The summed E-state index contributed by atoms with van der Waals surface area (Å²) >= 11 is 0. The van der Waals surface area contributed by atoms with Crippen LogP contribution in [0.1, 0.15) is 13.3 Å². The lowest BCUT2D eigenvalue weighted by Gasteiger charge is -2.08. The fourth-order valence-electron chi connectivity index (χ4n) is 1.31. The lowest BCUT2D eigenvalue weighted by atomic mass is 10.2. The summed E-state index contributed by atoms with van der Waals surface area (Å²) in [6.45, 7) is 2.74. The van der Waals surface area contributed by atoms with Gasteiger partial charge in [-0.05, 0) is 6.42 Å². The zero-order valence-electron chi connectivity index (χ0n) is 9.68. The van der Waals surface area contributed by atoms with Gasteiger partial charge in [-0.15, -0.1) is 0 Å². The molecule has 0 unspecified atom stereocenters. The minimum Gasteiger partial charge on any atom is -0.491 e. The Kier molecular flexibility index (Phi) is 5.22. The fraction of sp³-hybridized carbons (Fsp3) is 0.455. The maximum absolute atomic E-state index is 10.7. The number of hydrogen-bond acceptors (Lipinski definition) is 5. The summed E-state index contributed by atoms with van der Waals surface area (Å²) in [7, 11) is 0. The lowest BCUT2D eigenvalue weighted by molar-refractivity contribution is -0.384. The van der Waals surface area contributed by atoms with Crippen molar-refractivity contribution in [2.45, 2.75) is 13.3 Å². The van der Waals surface area contributed by atoms with Gasteiger partial charge < -0.3 is 15.2 Å². The second-order valence-corrected chi connectivity index (χ2v) is 3.47. The van der Waals surface area contributed by atoms with E-state index in [2.05, 4.69) is 5.32 Å². The van der Waals surface area contributed by atoms with E-state index >= 15 is 0 Å². The van der Waals surface area contributed by atoms with Crippen molar-refractivity contribution in [2.75, 3.05) is 25.1 Å². The summed E-state index contributed by atoms with van der Waals surface area (Å²) in [5, 5.41) is 22.4. The molecule has 1 aromatic carbocycles. The predicted octanol–water partition coefficient (Wildman–Crippen LogP) is 1.79. The van der Waals surface area contributed by atoms with Crippen LogP contribution in [0.4, 0.5) is 11.4 Å². The number of hydrogen-bond donors (Lipinski definition) is 2. The first-order chi connectivity index (χ1) is 8.17. The highest BCUT2D eigenvalue weighted by Gasteiger charge is 2.10. The Morgan fingerprint density at radius 2 is 2.24 bits per heavy atom. The van der Waals surface area contributed by atoms with Crippen molar-refractivity contribution in [3.05, 3.63) is 28.3 Å². The van der Waals surface area contributed by atoms with Gasteiger partial charge in [0, 0.05) is 24.4 Å². The topological polar surface area (TPSA) is 84.6 Å². The molecule has 17 heavy (non-hydrogen) atoms. The van der Waals surface area contributed by atoms with E-state index in [1.54, 1.807) is 6.07 Å². The van der Waals surface area contributed by atoms with Gasteiger partial charge in [0.05, 0.1) is 17.6 Å². The third-order valence-electron chi connectivity index (χ3n) is 2.04. The van der Waals surface area contributed by atoms with Gasteiger partial charge in [-0.25, -0.2) is 0 Å². The zero-order valence-corrected chi connectivity index (χ0v) is 9.68. The van der Waals surface area contributed by atoms with Crippen molar-refractivity contribution < 1.29 is 14.8 Å². The number of benzene rings is 1. The van der Waals surface area contributed by atoms with Crippen LogP contribution in [0.2, 0.25) is 0 Å². The zero-order chi connectivity index (χ0) is 12.7. The molecule has 0 bridgehead atoms. The van der Waals surface area contributed by atoms with E-state index in [1.165, 1.54) is 12.1 Å². The molecule has 0 saturated carbocycles. The summed E-state index contributed by atoms with van der Waals surface area (Å²) in [4.78, 5) is 10.3. The number of nitrogens with one attached hydrogen (secondary N) is 1. The Labute approximate surface area is 99.4 Å². The van der Waals surface area contributed by atoms with Crippen molar-refractivity contribution in [2.24, 2.45) is 0 Å². The van der Waals surface area contributed by atoms with Crippen LogP contribution in [0.25, 0.3) is 0 Å². The molecule has 94 valence electrons. The highest BCUT2D eigenvalue weighted by Crippen LogP contribution is 2.25. The summed E-state index contributed by atoms with van der Waals surface area (Å²) in [5.74, 6) is 0.381. The Balaban J connectivity index is 2.88. The number of anilines is 1. The molecular formula is C11H16N2O4. The van der Waals surface area contributed by atoms with Crippen LogP contribution in [0.5, 0.6) is 5.75 Å². The van der Waals surface area contributed by atoms with Crippen molar-refractivity contribution in [3.63, 3.8) is 0 Å². The number of aliphatic hydroxyl groups excluding tert-OH is 1. The number of nitro benzene ring substituents is 1. The molecule has 0 heterocycles. The molecule has 0 aromatic heterocycles. The number of aliphatic hydroxyl groups is 1. The summed E-state index contributed by atoms with van der Waals surface area (Å²) in [6, 6.07) is 4.48. The first-order valence-corrected chi connectivity index (χ1v) is 5.44. The molecule has 0 aliphatic rings. The Morgan fingerprint density at radius 3 is 2.82 bits per heavy atom. The van der Waals surface area contributed by atoms with E-state index in [0.717, 1.165) is 13.0 Å². The average molecular weight is 240 g/mol. The normalized spacial score (nSPS) is 10.0. The van der Waals surface area contributed by atoms with Crippen LogP contribution in [0, 0.1) is 10.1 Å². The number of nitro groups is 1. The first-order valence-electron chi connectivity index (χ1n) is 5.44.